The van der Waals surface area contributed by atoms with Crippen LogP contribution >= 0.6 is 23.2 Å². The Labute approximate surface area is 166 Å². The molecule has 2 aromatic rings. The molecule has 0 saturated carbocycles. The lowest BCUT2D eigenvalue weighted by atomic mass is 10.2. The van der Waals surface area contributed by atoms with E-state index < -0.39 is 14.9 Å². The van der Waals surface area contributed by atoms with Crippen LogP contribution < -0.4 is 4.90 Å². The summed E-state index contributed by atoms with van der Waals surface area (Å²) in [7, 11) is -3.91. The second-order valence-corrected chi connectivity index (χ2v) is 8.76. The van der Waals surface area contributed by atoms with Gasteiger partial charge in [-0.25, -0.2) is 13.4 Å². The molecule has 1 fully saturated rings. The molecule has 27 heavy (non-hydrogen) atoms. The van der Waals surface area contributed by atoms with E-state index in [0.717, 1.165) is 6.07 Å². The highest BCUT2D eigenvalue weighted by atomic mass is 35.5. The summed E-state index contributed by atoms with van der Waals surface area (Å²) < 4.78 is 27.1. The smallest absolute Gasteiger partial charge is 0.275 e. The van der Waals surface area contributed by atoms with Gasteiger partial charge in [-0.3, -0.25) is 10.1 Å². The van der Waals surface area contributed by atoms with Crippen molar-refractivity contribution in [1.29, 1.82) is 0 Å². The maximum absolute atomic E-state index is 12.9. The van der Waals surface area contributed by atoms with Gasteiger partial charge in [0.25, 0.3) is 5.69 Å². The minimum atomic E-state index is -3.91. The molecule has 3 rings (SSSR count). The van der Waals surface area contributed by atoms with Crippen molar-refractivity contribution < 1.29 is 13.3 Å². The number of benzene rings is 1. The van der Waals surface area contributed by atoms with E-state index in [-0.39, 0.29) is 34.3 Å². The van der Waals surface area contributed by atoms with Gasteiger partial charge < -0.3 is 4.90 Å². The zero-order chi connectivity index (χ0) is 19.8. The lowest BCUT2D eigenvalue weighted by molar-refractivity contribution is -0.385. The van der Waals surface area contributed by atoms with Crippen LogP contribution in [0.1, 0.15) is 5.56 Å². The molecule has 0 bridgehead atoms. The van der Waals surface area contributed by atoms with Gasteiger partial charge >= 0.3 is 0 Å². The Balaban J connectivity index is 1.84. The van der Waals surface area contributed by atoms with Crippen LogP contribution in [0.3, 0.4) is 0 Å². The third kappa shape index (κ3) is 3.86. The Bertz CT molecular complexity index is 992. The number of hydrogen-bond acceptors (Lipinski definition) is 6. The summed E-state index contributed by atoms with van der Waals surface area (Å²) in [5, 5.41) is 11.7. The Morgan fingerprint density at radius 3 is 2.41 bits per heavy atom. The maximum Gasteiger partial charge on any atom is 0.275 e. The molecule has 8 nitrogen and oxygen atoms in total. The summed E-state index contributed by atoms with van der Waals surface area (Å²) in [4.78, 5) is 16.5. The van der Waals surface area contributed by atoms with Crippen LogP contribution in [-0.4, -0.2) is 48.8 Å². The van der Waals surface area contributed by atoms with Gasteiger partial charge in [0, 0.05) is 44.0 Å². The van der Waals surface area contributed by atoms with Gasteiger partial charge in [0.1, 0.15) is 5.82 Å². The van der Waals surface area contributed by atoms with E-state index in [1.165, 1.54) is 17.3 Å². The fourth-order valence-corrected chi connectivity index (χ4v) is 4.87. The SMILES string of the molecule is Cc1c(Cl)cc(S(=O)(=O)N2CCN(c3ncccc3Cl)CC2)cc1[N+](=O)[O-]. The Morgan fingerprint density at radius 2 is 1.81 bits per heavy atom. The highest BCUT2D eigenvalue weighted by Gasteiger charge is 2.31. The number of nitro groups is 1. The molecular formula is C16H16Cl2N4O4S. The third-order valence-electron chi connectivity index (χ3n) is 4.40. The topological polar surface area (TPSA) is 96.7 Å². The molecule has 1 aromatic carbocycles. The van der Waals surface area contributed by atoms with Gasteiger partial charge in [-0.05, 0) is 25.1 Å². The zero-order valence-electron chi connectivity index (χ0n) is 14.3. The highest BCUT2D eigenvalue weighted by Crippen LogP contribution is 2.31. The van der Waals surface area contributed by atoms with Gasteiger partial charge in [-0.2, -0.15) is 4.31 Å². The molecule has 1 aromatic heterocycles. The summed E-state index contributed by atoms with van der Waals surface area (Å²) in [6, 6.07) is 5.75. The maximum atomic E-state index is 12.9. The van der Waals surface area contributed by atoms with Crippen LogP contribution in [0, 0.1) is 17.0 Å². The monoisotopic (exact) mass is 430 g/mol. The molecule has 0 radical (unpaired) electrons. The van der Waals surface area contributed by atoms with E-state index in [4.69, 9.17) is 23.2 Å². The van der Waals surface area contributed by atoms with Crippen LogP contribution in [0.15, 0.2) is 35.4 Å². The molecule has 1 saturated heterocycles. The van der Waals surface area contributed by atoms with Crippen LogP contribution in [0.2, 0.25) is 10.0 Å². The summed E-state index contributed by atoms with van der Waals surface area (Å²) in [6.45, 7) is 2.69. The summed E-state index contributed by atoms with van der Waals surface area (Å²) >= 11 is 12.2. The van der Waals surface area contributed by atoms with Crippen LogP contribution in [0.4, 0.5) is 11.5 Å². The number of pyridine rings is 1. The molecule has 0 unspecified atom stereocenters. The first-order valence-electron chi connectivity index (χ1n) is 8.02. The van der Waals surface area contributed by atoms with E-state index in [2.05, 4.69) is 4.98 Å². The van der Waals surface area contributed by atoms with Gasteiger partial charge in [-0.15, -0.1) is 0 Å². The lowest BCUT2D eigenvalue weighted by Gasteiger charge is -2.35. The molecule has 2 heterocycles. The van der Waals surface area contributed by atoms with E-state index in [0.29, 0.717) is 23.9 Å². The van der Waals surface area contributed by atoms with Crippen molar-refractivity contribution in [2.24, 2.45) is 0 Å². The third-order valence-corrected chi connectivity index (χ3v) is 6.97. The van der Waals surface area contributed by atoms with Crippen molar-refractivity contribution in [2.45, 2.75) is 11.8 Å². The van der Waals surface area contributed by atoms with Gasteiger partial charge in [0.2, 0.25) is 10.0 Å². The lowest BCUT2D eigenvalue weighted by Crippen LogP contribution is -2.49. The van der Waals surface area contributed by atoms with Gasteiger partial charge in [-0.1, -0.05) is 23.2 Å². The molecular weight excluding hydrogens is 415 g/mol. The molecule has 0 aliphatic carbocycles. The van der Waals surface area contributed by atoms with Gasteiger partial charge in [0.15, 0.2) is 0 Å². The molecule has 0 spiro atoms. The van der Waals surface area contributed by atoms with Crippen molar-refractivity contribution >= 4 is 44.7 Å². The summed E-state index contributed by atoms with van der Waals surface area (Å²) in [5.74, 6) is 0.602. The van der Waals surface area contributed by atoms with Gasteiger partial charge in [0.05, 0.1) is 19.9 Å². The Kier molecular flexibility index (Phi) is 5.57. The van der Waals surface area contributed by atoms with E-state index in [9.17, 15) is 18.5 Å². The fourth-order valence-electron chi connectivity index (χ4n) is 2.88. The molecule has 0 atom stereocenters. The number of rotatable bonds is 4. The average Bonchev–Trinajstić information content (AvgIpc) is 2.64. The summed E-state index contributed by atoms with van der Waals surface area (Å²) in [6.07, 6.45) is 1.62. The van der Waals surface area contributed by atoms with Crippen LogP contribution in [0.5, 0.6) is 0 Å². The van der Waals surface area contributed by atoms with Crippen molar-refractivity contribution in [3.63, 3.8) is 0 Å². The zero-order valence-corrected chi connectivity index (χ0v) is 16.6. The number of anilines is 1. The highest BCUT2D eigenvalue weighted by molar-refractivity contribution is 7.89. The largest absolute Gasteiger partial charge is 0.353 e. The quantitative estimate of drug-likeness (QED) is 0.545. The number of nitro benzene ring substituents is 1. The molecule has 1 aliphatic rings. The van der Waals surface area contributed by atoms with Crippen molar-refractivity contribution in [2.75, 3.05) is 31.1 Å². The summed E-state index contributed by atoms with van der Waals surface area (Å²) in [5.41, 5.74) is -0.0878. The van der Waals surface area contributed by atoms with E-state index >= 15 is 0 Å². The number of halogens is 2. The number of sulfonamides is 1. The fraction of sp³-hybridized carbons (Fsp3) is 0.312. The Hall–Kier alpha value is -1.94. The average molecular weight is 431 g/mol. The van der Waals surface area contributed by atoms with Crippen molar-refractivity contribution in [3.05, 3.63) is 56.2 Å². The Morgan fingerprint density at radius 1 is 1.15 bits per heavy atom. The van der Waals surface area contributed by atoms with Crippen molar-refractivity contribution in [3.8, 4) is 0 Å². The van der Waals surface area contributed by atoms with Crippen LogP contribution in [0.25, 0.3) is 0 Å². The first-order chi connectivity index (χ1) is 12.7. The second-order valence-electron chi connectivity index (χ2n) is 6.01. The number of nitrogens with zero attached hydrogens (tertiary/aromatic N) is 4. The second kappa shape index (κ2) is 7.59. The molecule has 11 heteroatoms. The first kappa shape index (κ1) is 19.8. The van der Waals surface area contributed by atoms with E-state index in [1.54, 1.807) is 18.3 Å². The van der Waals surface area contributed by atoms with Crippen molar-refractivity contribution in [1.82, 2.24) is 9.29 Å². The normalized spacial score (nSPS) is 15.7. The minimum absolute atomic E-state index is 0.0432. The van der Waals surface area contributed by atoms with E-state index in [1.807, 2.05) is 4.90 Å². The van der Waals surface area contributed by atoms with Crippen LogP contribution in [-0.2, 0) is 10.0 Å². The molecule has 144 valence electrons. The number of aromatic nitrogens is 1. The minimum Gasteiger partial charge on any atom is -0.353 e. The molecule has 1 aliphatic heterocycles. The molecule has 0 amide bonds. The predicted octanol–water partition coefficient (Wildman–Crippen LogP) is 3.12. The number of hydrogen-bond donors (Lipinski definition) is 0. The standard InChI is InChI=1S/C16H16Cl2N4O4S/c1-11-14(18)9-12(10-15(11)22(23)24)27(25,26)21-7-5-20(6-8-21)16-13(17)3-2-4-19-16/h2-4,9-10H,5-8H2,1H3. The first-order valence-corrected chi connectivity index (χ1v) is 10.2. The predicted molar refractivity (Wildman–Crippen MR) is 103 cm³/mol. The molecule has 0 N–H and O–H groups in total. The number of piperazine rings is 1.